The Hall–Kier alpha value is -1.02. The van der Waals surface area contributed by atoms with Crippen LogP contribution in [0.5, 0.6) is 5.75 Å². The van der Waals surface area contributed by atoms with Gasteiger partial charge in [-0.1, -0.05) is 11.6 Å². The number of methoxy groups -OCH3 is 1. The van der Waals surface area contributed by atoms with Crippen LogP contribution in [0.1, 0.15) is 22.8 Å². The highest BCUT2D eigenvalue weighted by Gasteiger charge is 2.11. The van der Waals surface area contributed by atoms with Crippen molar-refractivity contribution in [3.63, 3.8) is 0 Å². The fraction of sp³-hybridized carbons (Fsp3) is 0.300. The Kier molecular flexibility index (Phi) is 2.94. The third-order valence-corrected chi connectivity index (χ3v) is 2.05. The van der Waals surface area contributed by atoms with E-state index in [1.165, 1.54) is 14.0 Å². The maximum Gasteiger partial charge on any atom is 0.163 e. The molecule has 0 spiro atoms. The Morgan fingerprint density at radius 2 is 2.08 bits per heavy atom. The zero-order valence-corrected chi connectivity index (χ0v) is 8.61. The van der Waals surface area contributed by atoms with Crippen LogP contribution < -0.4 is 4.74 Å². The van der Waals surface area contributed by atoms with Crippen molar-refractivity contribution in [3.05, 3.63) is 28.3 Å². The van der Waals surface area contributed by atoms with Crippen molar-refractivity contribution in [3.8, 4) is 5.75 Å². The molecular weight excluding hydrogens is 188 g/mol. The van der Waals surface area contributed by atoms with Gasteiger partial charge in [0.2, 0.25) is 0 Å². The third-order valence-electron chi connectivity index (χ3n) is 1.84. The van der Waals surface area contributed by atoms with Crippen LogP contribution in [-0.2, 0) is 0 Å². The van der Waals surface area contributed by atoms with Crippen LogP contribution in [0.4, 0.5) is 0 Å². The van der Waals surface area contributed by atoms with Gasteiger partial charge >= 0.3 is 0 Å². The number of ether oxygens (including phenoxy) is 1. The molecule has 2 nitrogen and oxygen atoms in total. The smallest absolute Gasteiger partial charge is 0.163 e. The van der Waals surface area contributed by atoms with Crippen LogP contribution in [0.25, 0.3) is 0 Å². The molecule has 0 bridgehead atoms. The van der Waals surface area contributed by atoms with Crippen molar-refractivity contribution in [2.75, 3.05) is 7.11 Å². The molecule has 0 saturated carbocycles. The van der Waals surface area contributed by atoms with Crippen molar-refractivity contribution in [2.45, 2.75) is 13.8 Å². The second kappa shape index (κ2) is 3.79. The highest BCUT2D eigenvalue weighted by Crippen LogP contribution is 2.27. The summed E-state index contributed by atoms with van der Waals surface area (Å²) in [6, 6.07) is 3.39. The van der Waals surface area contributed by atoms with E-state index in [4.69, 9.17) is 16.3 Å². The quantitative estimate of drug-likeness (QED) is 0.684. The highest BCUT2D eigenvalue weighted by atomic mass is 35.5. The number of aryl methyl sites for hydroxylation is 1. The molecule has 1 aromatic carbocycles. The second-order valence-electron chi connectivity index (χ2n) is 2.86. The maximum absolute atomic E-state index is 11.2. The molecule has 70 valence electrons. The average Bonchev–Trinajstić information content (AvgIpc) is 2.01. The molecule has 0 saturated heterocycles. The van der Waals surface area contributed by atoms with Crippen LogP contribution in [0.2, 0.25) is 5.02 Å². The Balaban J connectivity index is 3.38. The minimum atomic E-state index is -0.00832. The molecule has 13 heavy (non-hydrogen) atoms. The van der Waals surface area contributed by atoms with Crippen LogP contribution >= 0.6 is 11.6 Å². The van der Waals surface area contributed by atoms with Gasteiger partial charge < -0.3 is 4.74 Å². The van der Waals surface area contributed by atoms with Crippen LogP contribution in [0.15, 0.2) is 12.1 Å². The van der Waals surface area contributed by atoms with Crippen molar-refractivity contribution < 1.29 is 9.53 Å². The van der Waals surface area contributed by atoms with Crippen molar-refractivity contribution >= 4 is 17.4 Å². The predicted molar refractivity (Wildman–Crippen MR) is 52.7 cm³/mol. The number of halogens is 1. The van der Waals surface area contributed by atoms with Gasteiger partial charge in [-0.25, -0.2) is 0 Å². The third kappa shape index (κ3) is 2.01. The fourth-order valence-corrected chi connectivity index (χ4v) is 1.59. The molecule has 0 fully saturated rings. The number of rotatable bonds is 2. The van der Waals surface area contributed by atoms with E-state index >= 15 is 0 Å². The first kappa shape index (κ1) is 10.1. The first-order valence-electron chi connectivity index (χ1n) is 3.91. The molecule has 0 aliphatic carbocycles. The van der Waals surface area contributed by atoms with Crippen LogP contribution in [-0.4, -0.2) is 12.9 Å². The molecule has 1 aromatic rings. The SMILES string of the molecule is COc1cc(Cl)cc(C)c1C(C)=O. The normalized spacial score (nSPS) is 9.85. The van der Waals surface area contributed by atoms with E-state index in [0.29, 0.717) is 16.3 Å². The topological polar surface area (TPSA) is 26.3 Å². The van der Waals surface area contributed by atoms with E-state index in [-0.39, 0.29) is 5.78 Å². The standard InChI is InChI=1S/C10H11ClO2/c1-6-4-8(11)5-9(13-3)10(6)7(2)12/h4-5H,1-3H3. The summed E-state index contributed by atoms with van der Waals surface area (Å²) in [5.41, 5.74) is 1.45. The van der Waals surface area contributed by atoms with Gasteiger partial charge in [-0.2, -0.15) is 0 Å². The van der Waals surface area contributed by atoms with Crippen molar-refractivity contribution in [1.29, 1.82) is 0 Å². The lowest BCUT2D eigenvalue weighted by atomic mass is 10.0. The molecule has 0 aliphatic rings. The highest BCUT2D eigenvalue weighted by molar-refractivity contribution is 6.31. The van der Waals surface area contributed by atoms with Gasteiger partial charge in [0, 0.05) is 5.02 Å². The second-order valence-corrected chi connectivity index (χ2v) is 3.29. The first-order chi connectivity index (χ1) is 6.06. The largest absolute Gasteiger partial charge is 0.496 e. The van der Waals surface area contributed by atoms with Crippen molar-refractivity contribution in [2.24, 2.45) is 0 Å². The molecule has 3 heteroatoms. The van der Waals surface area contributed by atoms with E-state index in [1.807, 2.05) is 6.92 Å². The summed E-state index contributed by atoms with van der Waals surface area (Å²) in [7, 11) is 1.53. The van der Waals surface area contributed by atoms with E-state index in [9.17, 15) is 4.79 Å². The van der Waals surface area contributed by atoms with Gasteiger partial charge in [0.15, 0.2) is 5.78 Å². The van der Waals surface area contributed by atoms with Crippen LogP contribution in [0, 0.1) is 6.92 Å². The summed E-state index contributed by atoms with van der Waals surface area (Å²) in [6.45, 7) is 3.35. The van der Waals surface area contributed by atoms with Gasteiger partial charge in [0.05, 0.1) is 12.7 Å². The van der Waals surface area contributed by atoms with Gasteiger partial charge in [0.1, 0.15) is 5.75 Å². The average molecular weight is 199 g/mol. The lowest BCUT2D eigenvalue weighted by Crippen LogP contribution is -2.00. The number of hydrogen-bond donors (Lipinski definition) is 0. The number of hydrogen-bond acceptors (Lipinski definition) is 2. The van der Waals surface area contributed by atoms with E-state index in [0.717, 1.165) is 5.56 Å². The zero-order chi connectivity index (χ0) is 10.0. The lowest BCUT2D eigenvalue weighted by molar-refractivity contribution is 0.101. The number of carbonyl (C=O) groups is 1. The molecular formula is C10H11ClO2. The van der Waals surface area contributed by atoms with Crippen molar-refractivity contribution in [1.82, 2.24) is 0 Å². The first-order valence-corrected chi connectivity index (χ1v) is 4.29. The summed E-state index contributed by atoms with van der Waals surface area (Å²) in [6.07, 6.45) is 0. The summed E-state index contributed by atoms with van der Waals surface area (Å²) in [5, 5.41) is 0.583. The molecule has 0 N–H and O–H groups in total. The van der Waals surface area contributed by atoms with E-state index < -0.39 is 0 Å². The zero-order valence-electron chi connectivity index (χ0n) is 7.85. The minimum absolute atomic E-state index is 0.00832. The minimum Gasteiger partial charge on any atom is -0.496 e. The monoisotopic (exact) mass is 198 g/mol. The van der Waals surface area contributed by atoms with E-state index in [2.05, 4.69) is 0 Å². The summed E-state index contributed by atoms with van der Waals surface area (Å²) in [5.74, 6) is 0.531. The summed E-state index contributed by atoms with van der Waals surface area (Å²) in [4.78, 5) is 11.2. The van der Waals surface area contributed by atoms with Gasteiger partial charge in [-0.3, -0.25) is 4.79 Å². The predicted octanol–water partition coefficient (Wildman–Crippen LogP) is 2.86. The number of ketones is 1. The Labute approximate surface area is 82.5 Å². The number of benzene rings is 1. The molecule has 0 heterocycles. The Morgan fingerprint density at radius 1 is 1.46 bits per heavy atom. The molecule has 0 radical (unpaired) electrons. The molecule has 0 aliphatic heterocycles. The summed E-state index contributed by atoms with van der Waals surface area (Å²) < 4.78 is 5.06. The Morgan fingerprint density at radius 3 is 2.54 bits per heavy atom. The van der Waals surface area contributed by atoms with Gasteiger partial charge in [0.25, 0.3) is 0 Å². The Bertz CT molecular complexity index is 345. The number of Topliss-reactive ketones (excluding diaryl/α,β-unsaturated/α-hetero) is 1. The molecule has 0 atom stereocenters. The van der Waals surface area contributed by atoms with Gasteiger partial charge in [-0.15, -0.1) is 0 Å². The van der Waals surface area contributed by atoms with Gasteiger partial charge in [-0.05, 0) is 31.5 Å². The van der Waals surface area contributed by atoms with Crippen LogP contribution in [0.3, 0.4) is 0 Å². The summed E-state index contributed by atoms with van der Waals surface area (Å²) >= 11 is 5.81. The van der Waals surface area contributed by atoms with E-state index in [1.54, 1.807) is 12.1 Å². The molecule has 0 amide bonds. The lowest BCUT2D eigenvalue weighted by Gasteiger charge is -2.08. The molecule has 1 rings (SSSR count). The maximum atomic E-state index is 11.2. The molecule has 0 unspecified atom stereocenters. The molecule has 0 aromatic heterocycles. The fourth-order valence-electron chi connectivity index (χ4n) is 1.32. The number of carbonyl (C=O) groups excluding carboxylic acids is 1.